The molecule has 242 valence electrons. The molecule has 0 aliphatic carbocycles. The van der Waals surface area contributed by atoms with E-state index in [2.05, 4.69) is 36.2 Å². The summed E-state index contributed by atoms with van der Waals surface area (Å²) in [7, 11) is 1.48. The molecule has 0 radical (unpaired) electrons. The molecule has 2 aromatic heterocycles. The number of ether oxygens (including phenoxy) is 1. The Bertz CT molecular complexity index is 1510. The number of amides is 4. The Hall–Kier alpha value is -4.59. The summed E-state index contributed by atoms with van der Waals surface area (Å²) in [6.07, 6.45) is 1.83. The van der Waals surface area contributed by atoms with Gasteiger partial charge in [-0.25, -0.2) is 15.0 Å². The number of carbonyl (C=O) groups excluding carboxylic acids is 4. The first kappa shape index (κ1) is 33.3. The number of hydrogen-bond donors (Lipinski definition) is 5. The highest BCUT2D eigenvalue weighted by atomic mass is 16.5. The van der Waals surface area contributed by atoms with Crippen molar-refractivity contribution >= 4 is 34.7 Å². The minimum atomic E-state index is -1.32. The van der Waals surface area contributed by atoms with E-state index in [0.717, 1.165) is 0 Å². The van der Waals surface area contributed by atoms with Gasteiger partial charge in [0.1, 0.15) is 30.1 Å². The molecule has 4 amide bonds. The summed E-state index contributed by atoms with van der Waals surface area (Å²) in [6, 6.07) is 4.28. The predicted molar refractivity (Wildman–Crippen MR) is 163 cm³/mol. The molecule has 3 heterocycles. The molecule has 14 heteroatoms. The van der Waals surface area contributed by atoms with Gasteiger partial charge in [-0.2, -0.15) is 0 Å². The maximum Gasteiger partial charge on any atom is 0.273 e. The van der Waals surface area contributed by atoms with Crippen LogP contribution in [-0.4, -0.2) is 75.5 Å². The largest absolute Gasteiger partial charge is 0.480 e. The monoisotopic (exact) mass is 623 g/mol. The molecule has 0 fully saturated rings. The molecule has 5 N–H and O–H groups in total. The number of rotatable bonds is 8. The van der Waals surface area contributed by atoms with Crippen LogP contribution in [-0.2, 0) is 20.8 Å². The van der Waals surface area contributed by atoms with Gasteiger partial charge in [-0.15, -0.1) is 0 Å². The van der Waals surface area contributed by atoms with E-state index >= 15 is 0 Å². The average Bonchev–Trinajstić information content (AvgIpc) is 3.50. The fraction of sp³-hybridized carbons (Fsp3) is 0.516. The van der Waals surface area contributed by atoms with Crippen molar-refractivity contribution < 1.29 is 33.4 Å². The highest BCUT2D eigenvalue weighted by Crippen LogP contribution is 2.22. The topological polar surface area (TPSA) is 198 Å². The van der Waals surface area contributed by atoms with Crippen LogP contribution >= 0.6 is 0 Å². The van der Waals surface area contributed by atoms with Crippen LogP contribution in [0.5, 0.6) is 5.88 Å². The van der Waals surface area contributed by atoms with Crippen molar-refractivity contribution in [3.8, 4) is 5.88 Å². The van der Waals surface area contributed by atoms with Crippen molar-refractivity contribution in [2.24, 2.45) is 5.92 Å². The summed E-state index contributed by atoms with van der Waals surface area (Å²) in [6.45, 7) is 5.60. The van der Waals surface area contributed by atoms with Crippen LogP contribution in [0, 0.1) is 5.92 Å². The van der Waals surface area contributed by atoms with Gasteiger partial charge >= 0.3 is 0 Å². The third-order valence-corrected chi connectivity index (χ3v) is 7.38. The van der Waals surface area contributed by atoms with Gasteiger partial charge in [0.2, 0.25) is 29.5 Å². The van der Waals surface area contributed by atoms with Gasteiger partial charge in [0.25, 0.3) is 5.91 Å². The minimum absolute atomic E-state index is 0.00234. The first-order valence-electron chi connectivity index (χ1n) is 15.2. The Kier molecular flexibility index (Phi) is 11.4. The normalized spacial score (nSPS) is 20.7. The van der Waals surface area contributed by atoms with Crippen LogP contribution in [0.2, 0.25) is 0 Å². The zero-order valence-electron chi connectivity index (χ0n) is 26.0. The molecule has 0 spiro atoms. The van der Waals surface area contributed by atoms with Gasteiger partial charge in [0, 0.05) is 19.4 Å². The number of benzene rings is 1. The molecular weight excluding hydrogens is 582 g/mol. The predicted octanol–water partition coefficient (Wildman–Crippen LogP) is 1.73. The second kappa shape index (κ2) is 15.4. The third-order valence-electron chi connectivity index (χ3n) is 7.38. The molecule has 4 rings (SSSR count). The van der Waals surface area contributed by atoms with E-state index in [0.29, 0.717) is 48.4 Å². The molecule has 0 saturated heterocycles. The zero-order chi connectivity index (χ0) is 32.5. The molecule has 45 heavy (non-hydrogen) atoms. The minimum Gasteiger partial charge on any atom is -0.480 e. The number of para-hydroxylation sites is 2. The first-order chi connectivity index (χ1) is 21.5. The molecule has 14 nitrogen and oxygen atoms in total. The molecule has 2 bridgehead atoms. The lowest BCUT2D eigenvalue weighted by molar-refractivity contribution is -0.134. The fourth-order valence-corrected chi connectivity index (χ4v) is 5.05. The van der Waals surface area contributed by atoms with Crippen molar-refractivity contribution in [3.05, 3.63) is 47.8 Å². The van der Waals surface area contributed by atoms with E-state index in [-0.39, 0.29) is 36.8 Å². The average molecular weight is 624 g/mol. The lowest BCUT2D eigenvalue weighted by Crippen LogP contribution is -2.57. The molecule has 3 aromatic rings. The number of methoxy groups -OCH3 is 1. The Balaban J connectivity index is 1.50. The van der Waals surface area contributed by atoms with Crippen molar-refractivity contribution in [3.63, 3.8) is 0 Å². The van der Waals surface area contributed by atoms with Crippen LogP contribution < -0.4 is 26.0 Å². The second-order valence-electron chi connectivity index (χ2n) is 11.5. The number of aromatic nitrogens is 3. The Morgan fingerprint density at radius 2 is 1.80 bits per heavy atom. The van der Waals surface area contributed by atoms with E-state index in [1.165, 1.54) is 20.3 Å². The SMILES string of the molecule is COc1nc2ccccc2nc1CCC(=O)N[C@H]1CCCCNC(=O)c2coc(n2)[C@H](CC(C)C)NC(=O)[C@H]([C@@H](C)O)NC1=O. The smallest absolute Gasteiger partial charge is 0.273 e. The van der Waals surface area contributed by atoms with Gasteiger partial charge in [-0.1, -0.05) is 26.0 Å². The number of hydrogen-bond acceptors (Lipinski definition) is 10. The number of nitrogens with zero attached hydrogens (tertiary/aromatic N) is 3. The molecular formula is C31H41N7O7. The summed E-state index contributed by atoms with van der Waals surface area (Å²) in [5.41, 5.74) is 1.92. The standard InChI is InChI=1S/C31H41N7O7/c1-17(2)15-23-31-37-24(16-45-31)27(41)32-14-8-7-11-21(28(42)38-26(18(3)39)29(43)35-23)34-25(40)13-12-22-30(44-4)36-20-10-6-5-9-19(20)33-22/h5-6,9-10,16-18,21,23,26,39H,7-8,11-15H2,1-4H3,(H,32,41)(H,34,40)(H,35,43)(H,38,42)/t18-,21+,23+,26+/m1/s1. The third kappa shape index (κ3) is 8.97. The molecule has 4 atom stereocenters. The summed E-state index contributed by atoms with van der Waals surface area (Å²) in [5, 5.41) is 21.4. The van der Waals surface area contributed by atoms with Crippen LogP contribution in [0.15, 0.2) is 34.9 Å². The number of aliphatic hydroxyl groups is 1. The highest BCUT2D eigenvalue weighted by Gasteiger charge is 2.32. The van der Waals surface area contributed by atoms with Gasteiger partial charge < -0.3 is 35.5 Å². The lowest BCUT2D eigenvalue weighted by Gasteiger charge is -2.27. The molecule has 1 aliphatic heterocycles. The van der Waals surface area contributed by atoms with Crippen LogP contribution in [0.3, 0.4) is 0 Å². The lowest BCUT2D eigenvalue weighted by atomic mass is 10.0. The molecule has 1 aromatic carbocycles. The van der Waals surface area contributed by atoms with Crippen LogP contribution in [0.1, 0.15) is 81.0 Å². The Morgan fingerprint density at radius 3 is 2.49 bits per heavy atom. The van der Waals surface area contributed by atoms with Crippen molar-refractivity contribution in [1.82, 2.24) is 36.2 Å². The number of nitrogens with one attached hydrogen (secondary N) is 4. The number of oxazole rings is 1. The quantitative estimate of drug-likeness (QED) is 0.246. The second-order valence-corrected chi connectivity index (χ2v) is 11.5. The molecule has 0 unspecified atom stereocenters. The van der Waals surface area contributed by atoms with E-state index < -0.39 is 47.9 Å². The summed E-state index contributed by atoms with van der Waals surface area (Å²) in [4.78, 5) is 65.9. The molecule has 0 saturated carbocycles. The first-order valence-corrected chi connectivity index (χ1v) is 15.2. The van der Waals surface area contributed by atoms with Gasteiger partial charge in [0.05, 0.1) is 24.2 Å². The van der Waals surface area contributed by atoms with Gasteiger partial charge in [-0.3, -0.25) is 19.2 Å². The summed E-state index contributed by atoms with van der Waals surface area (Å²) in [5.74, 6) is -1.55. The van der Waals surface area contributed by atoms with E-state index in [4.69, 9.17) is 9.15 Å². The fourth-order valence-electron chi connectivity index (χ4n) is 5.05. The molecule has 1 aliphatic rings. The van der Waals surface area contributed by atoms with Crippen molar-refractivity contribution in [2.45, 2.75) is 83.5 Å². The maximum atomic E-state index is 13.5. The Labute approximate surface area is 261 Å². The van der Waals surface area contributed by atoms with Gasteiger partial charge in [0.15, 0.2) is 5.69 Å². The maximum absolute atomic E-state index is 13.5. The summed E-state index contributed by atoms with van der Waals surface area (Å²) < 4.78 is 10.9. The zero-order valence-corrected chi connectivity index (χ0v) is 26.0. The number of carbonyl (C=O) groups is 4. The highest BCUT2D eigenvalue weighted by molar-refractivity contribution is 5.93. The van der Waals surface area contributed by atoms with Gasteiger partial charge in [-0.05, 0) is 50.7 Å². The van der Waals surface area contributed by atoms with E-state index in [9.17, 15) is 24.3 Å². The number of fused-ring (bicyclic) bond motifs is 3. The van der Waals surface area contributed by atoms with Crippen LogP contribution in [0.25, 0.3) is 11.0 Å². The van der Waals surface area contributed by atoms with Crippen LogP contribution in [0.4, 0.5) is 0 Å². The van der Waals surface area contributed by atoms with E-state index in [1.807, 2.05) is 38.1 Å². The van der Waals surface area contributed by atoms with Crippen molar-refractivity contribution in [1.29, 1.82) is 0 Å². The Morgan fingerprint density at radius 1 is 1.07 bits per heavy atom. The number of aryl methyl sites for hydroxylation is 1. The number of aliphatic hydroxyl groups excluding tert-OH is 1. The van der Waals surface area contributed by atoms with E-state index in [1.54, 1.807) is 0 Å². The van der Waals surface area contributed by atoms with Crippen molar-refractivity contribution in [2.75, 3.05) is 13.7 Å². The summed E-state index contributed by atoms with van der Waals surface area (Å²) >= 11 is 0.